The number of carbonyl (C=O) groups is 1. The number of nitrogens with zero attached hydrogens (tertiary/aromatic N) is 3. The van der Waals surface area contributed by atoms with Crippen molar-refractivity contribution in [3.8, 4) is 0 Å². The number of aliphatic imine (C=N–C) groups is 1. The van der Waals surface area contributed by atoms with E-state index >= 15 is 0 Å². The normalized spacial score (nSPS) is 26.5. The van der Waals surface area contributed by atoms with Gasteiger partial charge < -0.3 is 4.74 Å². The van der Waals surface area contributed by atoms with Crippen LogP contribution in [0.3, 0.4) is 0 Å². The van der Waals surface area contributed by atoms with Crippen LogP contribution < -0.4 is 0 Å². The summed E-state index contributed by atoms with van der Waals surface area (Å²) in [6, 6.07) is 5.94. The zero-order valence-corrected chi connectivity index (χ0v) is 25.8. The average Bonchev–Trinajstić information content (AvgIpc) is 3.30. The molecular weight excluding hydrogens is 552 g/mol. The van der Waals surface area contributed by atoms with Gasteiger partial charge in [-0.15, -0.1) is 11.3 Å². The molecule has 5 heterocycles. The van der Waals surface area contributed by atoms with Crippen LogP contribution in [0.15, 0.2) is 41.0 Å². The second-order valence-electron chi connectivity index (χ2n) is 12.8. The molecule has 2 atom stereocenters. The quantitative estimate of drug-likeness (QED) is 0.353. The highest BCUT2D eigenvalue weighted by atomic mass is 32.1. The van der Waals surface area contributed by atoms with Crippen molar-refractivity contribution in [3.63, 3.8) is 0 Å². The van der Waals surface area contributed by atoms with Crippen molar-refractivity contribution in [3.05, 3.63) is 62.6 Å². The molecule has 4 aliphatic rings. The van der Waals surface area contributed by atoms with Gasteiger partial charge in [0.05, 0.1) is 11.7 Å². The summed E-state index contributed by atoms with van der Waals surface area (Å²) in [5.41, 5.74) is 4.29. The maximum atomic E-state index is 14.6. The van der Waals surface area contributed by atoms with Crippen LogP contribution in [0.25, 0.3) is 0 Å². The fourth-order valence-corrected chi connectivity index (χ4v) is 8.60. The highest BCUT2D eigenvalue weighted by Gasteiger charge is 2.51. The van der Waals surface area contributed by atoms with Gasteiger partial charge in [-0.05, 0) is 88.0 Å². The number of allylic oxidation sites excluding steroid dienone is 1. The Morgan fingerprint density at radius 1 is 1.12 bits per heavy atom. The number of alkyl halides is 2. The molecule has 0 bridgehead atoms. The molecule has 2 unspecified atom stereocenters. The third-order valence-corrected chi connectivity index (χ3v) is 11.0. The van der Waals surface area contributed by atoms with E-state index < -0.39 is 18.1 Å². The number of piperidine rings is 1. The number of rotatable bonds is 5. The maximum Gasteiger partial charge on any atom is 0.297 e. The fraction of sp³-hybridized carbons (Fsp3) is 0.618. The summed E-state index contributed by atoms with van der Waals surface area (Å²) in [5, 5.41) is 0. The molecule has 1 aliphatic carbocycles. The second kappa shape index (κ2) is 12.4. The lowest BCUT2D eigenvalue weighted by Crippen LogP contribution is -2.49. The van der Waals surface area contributed by atoms with Gasteiger partial charge in [0.2, 0.25) is 0 Å². The number of hydrogen-bond donors (Lipinski definition) is 0. The lowest BCUT2D eigenvalue weighted by Gasteiger charge is -2.45. The van der Waals surface area contributed by atoms with Crippen molar-refractivity contribution in [2.24, 2.45) is 10.9 Å². The molecule has 1 spiro atoms. The van der Waals surface area contributed by atoms with Gasteiger partial charge in [0.1, 0.15) is 18.0 Å². The summed E-state index contributed by atoms with van der Waals surface area (Å²) in [5.74, 6) is -1.96. The van der Waals surface area contributed by atoms with Gasteiger partial charge in [0.15, 0.2) is 0 Å². The predicted octanol–water partition coefficient (Wildman–Crippen LogP) is 7.87. The summed E-state index contributed by atoms with van der Waals surface area (Å²) in [6.45, 7) is 5.93. The van der Waals surface area contributed by atoms with Gasteiger partial charge in [0, 0.05) is 59.7 Å². The summed E-state index contributed by atoms with van der Waals surface area (Å²) < 4.78 is 35.1. The molecule has 0 N–H and O–H groups in total. The van der Waals surface area contributed by atoms with Crippen molar-refractivity contribution >= 4 is 22.8 Å². The zero-order chi connectivity index (χ0) is 29.3. The van der Waals surface area contributed by atoms with Gasteiger partial charge in [-0.2, -0.15) is 8.78 Å². The molecule has 1 saturated heterocycles. The summed E-state index contributed by atoms with van der Waals surface area (Å²) in [7, 11) is 0. The van der Waals surface area contributed by atoms with Gasteiger partial charge in [0.25, 0.3) is 5.92 Å². The molecule has 6 rings (SSSR count). The first-order valence-electron chi connectivity index (χ1n) is 15.8. The number of aromatic nitrogens is 1. The van der Waals surface area contributed by atoms with Gasteiger partial charge in [-0.1, -0.05) is 25.0 Å². The van der Waals surface area contributed by atoms with E-state index in [4.69, 9.17) is 14.7 Å². The number of carbonyl (C=O) groups excluding carboxylic acids is 1. The molecule has 0 radical (unpaired) electrons. The van der Waals surface area contributed by atoms with E-state index in [0.29, 0.717) is 18.1 Å². The third kappa shape index (κ3) is 6.31. The zero-order valence-electron chi connectivity index (χ0n) is 25.0. The lowest BCUT2D eigenvalue weighted by molar-refractivity contribution is -0.181. The summed E-state index contributed by atoms with van der Waals surface area (Å²) in [6.07, 6.45) is 14.3. The smallest absolute Gasteiger partial charge is 0.297 e. The largest absolute Gasteiger partial charge is 0.363 e. The first-order chi connectivity index (χ1) is 20.2. The highest BCUT2D eigenvalue weighted by molar-refractivity contribution is 7.12. The van der Waals surface area contributed by atoms with Crippen LogP contribution in [0.1, 0.15) is 104 Å². The Morgan fingerprint density at radius 2 is 1.95 bits per heavy atom. The van der Waals surface area contributed by atoms with Gasteiger partial charge in [-0.3, -0.25) is 19.7 Å². The Morgan fingerprint density at radius 3 is 2.79 bits per heavy atom. The Labute approximate surface area is 252 Å². The van der Waals surface area contributed by atoms with Gasteiger partial charge in [-0.25, -0.2) is 0 Å². The molecule has 5 nitrogen and oxygen atoms in total. The first-order valence-corrected chi connectivity index (χ1v) is 16.6. The number of Topliss-reactive ketones (excluding diaryl/α,β-unsaturated/α-hetero) is 1. The number of pyridine rings is 1. The van der Waals surface area contributed by atoms with Crippen LogP contribution in [-0.4, -0.2) is 47.6 Å². The number of ether oxygens (including phenoxy) is 1. The molecule has 3 aliphatic heterocycles. The van der Waals surface area contributed by atoms with E-state index in [0.717, 1.165) is 98.6 Å². The SMILES string of the molecule is CC1=NC(c2ncccc2CC2CCCCC(=O)CC2)CCC=C1CN1CCC2(CC1)OCC(F)(F)c1cc(C)sc12. The molecule has 8 heteroatoms. The topological polar surface area (TPSA) is 54.8 Å². The first kappa shape index (κ1) is 29.8. The molecule has 2 aromatic heterocycles. The molecular formula is C34H43F2N3O2S. The minimum atomic E-state index is -2.90. The predicted molar refractivity (Wildman–Crippen MR) is 164 cm³/mol. The molecule has 0 aromatic carbocycles. The second-order valence-corrected chi connectivity index (χ2v) is 14.1. The Bertz CT molecular complexity index is 1360. The van der Waals surface area contributed by atoms with Crippen molar-refractivity contribution in [1.82, 2.24) is 9.88 Å². The Kier molecular flexibility index (Phi) is 8.77. The summed E-state index contributed by atoms with van der Waals surface area (Å²) in [4.78, 5) is 26.2. The number of thiophene rings is 1. The minimum absolute atomic E-state index is 0.0348. The van der Waals surface area contributed by atoms with E-state index in [1.54, 1.807) is 6.07 Å². The summed E-state index contributed by atoms with van der Waals surface area (Å²) >= 11 is 1.48. The number of hydrogen-bond acceptors (Lipinski definition) is 6. The average molecular weight is 596 g/mol. The van der Waals surface area contributed by atoms with Crippen LogP contribution in [0, 0.1) is 12.8 Å². The van der Waals surface area contributed by atoms with Crippen LogP contribution >= 0.6 is 11.3 Å². The number of aryl methyl sites for hydroxylation is 1. The van der Waals surface area contributed by atoms with Crippen LogP contribution in [-0.2, 0) is 27.5 Å². The standard InChI is InChI=1S/C34H43F2N3O2S/c1-23-19-29-32(42-23)33(41-22-34(29,35)36)14-17-39(18-15-33)21-27-8-5-11-30(38-24(27)2)31-26(9-6-16-37-31)20-25-7-3-4-10-28(40)13-12-25/h6,8-9,16,19,25,30H,3-5,7,10-15,17-18,20-22H2,1-2H3. The van der Waals surface area contributed by atoms with E-state index in [1.807, 2.05) is 19.2 Å². The molecule has 2 fully saturated rings. The van der Waals surface area contributed by atoms with Crippen molar-refractivity contribution in [2.45, 2.75) is 102 Å². The van der Waals surface area contributed by atoms with Crippen LogP contribution in [0.4, 0.5) is 8.78 Å². The van der Waals surface area contributed by atoms with Crippen LogP contribution in [0.5, 0.6) is 0 Å². The van der Waals surface area contributed by atoms with E-state index in [9.17, 15) is 13.6 Å². The number of ketones is 1. The lowest BCUT2D eigenvalue weighted by atomic mass is 9.84. The fourth-order valence-electron chi connectivity index (χ4n) is 7.33. The van der Waals surface area contributed by atoms with Crippen molar-refractivity contribution in [2.75, 3.05) is 26.2 Å². The van der Waals surface area contributed by atoms with Gasteiger partial charge >= 0.3 is 0 Å². The van der Waals surface area contributed by atoms with Crippen LogP contribution in [0.2, 0.25) is 0 Å². The van der Waals surface area contributed by atoms with E-state index in [-0.39, 0.29) is 11.6 Å². The Balaban J connectivity index is 1.11. The number of halogens is 2. The molecule has 1 saturated carbocycles. The number of fused-ring (bicyclic) bond motifs is 2. The molecule has 42 heavy (non-hydrogen) atoms. The molecule has 2 aromatic rings. The highest BCUT2D eigenvalue weighted by Crippen LogP contribution is 2.51. The van der Waals surface area contributed by atoms with E-state index in [1.165, 1.54) is 28.9 Å². The monoisotopic (exact) mass is 595 g/mol. The number of likely N-dealkylation sites (tertiary alicyclic amines) is 1. The molecule has 226 valence electrons. The minimum Gasteiger partial charge on any atom is -0.363 e. The van der Waals surface area contributed by atoms with Crippen molar-refractivity contribution in [1.29, 1.82) is 0 Å². The molecule has 0 amide bonds. The van der Waals surface area contributed by atoms with Crippen molar-refractivity contribution < 1.29 is 18.3 Å². The Hall–Kier alpha value is -2.29. The third-order valence-electron chi connectivity index (χ3n) is 9.80. The van der Waals surface area contributed by atoms with E-state index in [2.05, 4.69) is 24.0 Å². The maximum absolute atomic E-state index is 14.6.